The van der Waals surface area contributed by atoms with Crippen LogP contribution in [0.15, 0.2) is 0 Å². The molecule has 0 atom stereocenters. The van der Waals surface area contributed by atoms with E-state index in [-0.39, 0.29) is 5.54 Å². The zero-order valence-corrected chi connectivity index (χ0v) is 11.9. The van der Waals surface area contributed by atoms with Crippen LogP contribution in [0, 0.1) is 5.92 Å². The van der Waals surface area contributed by atoms with Gasteiger partial charge in [0.2, 0.25) is 10.0 Å². The molecule has 1 N–H and O–H groups in total. The predicted octanol–water partition coefficient (Wildman–Crippen LogP) is 2.41. The van der Waals surface area contributed by atoms with Crippen molar-refractivity contribution in [3.8, 4) is 0 Å². The van der Waals surface area contributed by atoms with Gasteiger partial charge in [0.15, 0.2) is 0 Å². The van der Waals surface area contributed by atoms with Crippen LogP contribution in [0.2, 0.25) is 0 Å². The summed E-state index contributed by atoms with van der Waals surface area (Å²) < 4.78 is 26.9. The Labute approximate surface area is 107 Å². The summed E-state index contributed by atoms with van der Waals surface area (Å²) in [5, 5.41) is 0.740. The fourth-order valence-corrected chi connectivity index (χ4v) is 5.32. The Morgan fingerprint density at radius 2 is 1.81 bits per heavy atom. The fraction of sp³-hybridized carbons (Fsp3) is 1.00. The highest BCUT2D eigenvalue weighted by Gasteiger charge is 2.37. The zero-order valence-electron chi connectivity index (χ0n) is 9.54. The standard InChI is InChI=1S/C11H20BrNO2S/c12-9-11(6-2-1-3-7-11)13-16(14,15)8-10-4-5-10/h10,13H,1-9H2. The summed E-state index contributed by atoms with van der Waals surface area (Å²) in [5.74, 6) is 0.760. The van der Waals surface area contributed by atoms with Gasteiger partial charge in [-0.15, -0.1) is 0 Å². The third-order valence-corrected chi connectivity index (χ3v) is 6.32. The van der Waals surface area contributed by atoms with Gasteiger partial charge in [-0.1, -0.05) is 35.2 Å². The highest BCUT2D eigenvalue weighted by molar-refractivity contribution is 9.09. The van der Waals surface area contributed by atoms with Gasteiger partial charge in [-0.25, -0.2) is 13.1 Å². The van der Waals surface area contributed by atoms with E-state index >= 15 is 0 Å². The molecular weight excluding hydrogens is 290 g/mol. The Bertz CT molecular complexity index is 332. The molecule has 0 unspecified atom stereocenters. The molecule has 0 aromatic heterocycles. The molecule has 0 amide bonds. The number of sulfonamides is 1. The smallest absolute Gasteiger partial charge is 0.212 e. The van der Waals surface area contributed by atoms with Crippen molar-refractivity contribution in [1.82, 2.24) is 4.72 Å². The first kappa shape index (κ1) is 12.8. The molecule has 0 saturated heterocycles. The maximum absolute atomic E-state index is 12.0. The molecule has 16 heavy (non-hydrogen) atoms. The van der Waals surface area contributed by atoms with Crippen molar-refractivity contribution in [2.24, 2.45) is 5.92 Å². The summed E-state index contributed by atoms with van der Waals surface area (Å²) in [6.45, 7) is 0. The van der Waals surface area contributed by atoms with Crippen molar-refractivity contribution < 1.29 is 8.42 Å². The number of halogens is 1. The first-order valence-electron chi connectivity index (χ1n) is 6.13. The van der Waals surface area contributed by atoms with E-state index in [0.29, 0.717) is 11.7 Å². The molecule has 0 bridgehead atoms. The van der Waals surface area contributed by atoms with Crippen molar-refractivity contribution in [3.05, 3.63) is 0 Å². The molecule has 0 aliphatic heterocycles. The van der Waals surface area contributed by atoms with Gasteiger partial charge in [-0.2, -0.15) is 0 Å². The molecule has 2 saturated carbocycles. The minimum atomic E-state index is -3.07. The summed E-state index contributed by atoms with van der Waals surface area (Å²) in [6.07, 6.45) is 7.63. The highest BCUT2D eigenvalue weighted by Crippen LogP contribution is 2.33. The number of hydrogen-bond donors (Lipinski definition) is 1. The van der Waals surface area contributed by atoms with Crippen molar-refractivity contribution in [2.45, 2.75) is 50.5 Å². The van der Waals surface area contributed by atoms with Gasteiger partial charge in [0.1, 0.15) is 0 Å². The lowest BCUT2D eigenvalue weighted by molar-refractivity contribution is 0.301. The Kier molecular flexibility index (Phi) is 3.97. The second-order valence-corrected chi connectivity index (χ2v) is 7.63. The van der Waals surface area contributed by atoms with Crippen molar-refractivity contribution in [3.63, 3.8) is 0 Å². The van der Waals surface area contributed by atoms with E-state index in [1.165, 1.54) is 6.42 Å². The van der Waals surface area contributed by atoms with Gasteiger partial charge < -0.3 is 0 Å². The molecule has 2 rings (SSSR count). The molecule has 0 radical (unpaired) electrons. The van der Waals surface area contributed by atoms with Crippen molar-refractivity contribution >= 4 is 26.0 Å². The van der Waals surface area contributed by atoms with Gasteiger partial charge in [0, 0.05) is 10.9 Å². The minimum absolute atomic E-state index is 0.202. The van der Waals surface area contributed by atoms with E-state index in [1.807, 2.05) is 0 Å². The maximum Gasteiger partial charge on any atom is 0.212 e. The summed E-state index contributed by atoms with van der Waals surface area (Å²) in [5.41, 5.74) is -0.202. The van der Waals surface area contributed by atoms with Crippen LogP contribution in [-0.4, -0.2) is 25.0 Å². The van der Waals surface area contributed by atoms with Crippen LogP contribution in [0.1, 0.15) is 44.9 Å². The van der Waals surface area contributed by atoms with Crippen molar-refractivity contribution in [1.29, 1.82) is 0 Å². The van der Waals surface area contributed by atoms with E-state index in [4.69, 9.17) is 0 Å². The topological polar surface area (TPSA) is 46.2 Å². The number of hydrogen-bond acceptors (Lipinski definition) is 2. The van der Waals surface area contributed by atoms with Crippen LogP contribution in [-0.2, 0) is 10.0 Å². The van der Waals surface area contributed by atoms with Crippen LogP contribution in [0.5, 0.6) is 0 Å². The molecule has 2 fully saturated rings. The normalized spacial score (nSPS) is 25.6. The average Bonchev–Trinajstić information content (AvgIpc) is 3.01. The van der Waals surface area contributed by atoms with E-state index in [1.54, 1.807) is 0 Å². The number of alkyl halides is 1. The van der Waals surface area contributed by atoms with Crippen LogP contribution in [0.4, 0.5) is 0 Å². The lowest BCUT2D eigenvalue weighted by Gasteiger charge is -2.36. The second-order valence-electron chi connectivity index (χ2n) is 5.30. The molecule has 2 aliphatic carbocycles. The Morgan fingerprint density at radius 1 is 1.19 bits per heavy atom. The molecule has 0 heterocycles. The average molecular weight is 310 g/mol. The van der Waals surface area contributed by atoms with Gasteiger partial charge in [0.25, 0.3) is 0 Å². The summed E-state index contributed by atoms with van der Waals surface area (Å²) >= 11 is 3.48. The highest BCUT2D eigenvalue weighted by atomic mass is 79.9. The Hall–Kier alpha value is 0.390. The van der Waals surface area contributed by atoms with E-state index in [0.717, 1.165) is 43.9 Å². The summed E-state index contributed by atoms with van der Waals surface area (Å²) in [4.78, 5) is 0. The maximum atomic E-state index is 12.0. The zero-order chi connectivity index (χ0) is 11.6. The first-order valence-corrected chi connectivity index (χ1v) is 8.90. The molecule has 0 aromatic rings. The van der Waals surface area contributed by atoms with E-state index in [9.17, 15) is 8.42 Å². The first-order chi connectivity index (χ1) is 7.55. The lowest BCUT2D eigenvalue weighted by Crippen LogP contribution is -2.51. The van der Waals surface area contributed by atoms with Gasteiger partial charge >= 0.3 is 0 Å². The molecule has 3 nitrogen and oxygen atoms in total. The van der Waals surface area contributed by atoms with Crippen molar-refractivity contribution in [2.75, 3.05) is 11.1 Å². The third kappa shape index (κ3) is 3.44. The number of rotatable bonds is 5. The Balaban J connectivity index is 1.98. The number of nitrogens with one attached hydrogen (secondary N) is 1. The minimum Gasteiger partial charge on any atom is -0.212 e. The largest absolute Gasteiger partial charge is 0.212 e. The second kappa shape index (κ2) is 4.94. The van der Waals surface area contributed by atoms with Gasteiger partial charge in [-0.3, -0.25) is 0 Å². The van der Waals surface area contributed by atoms with Gasteiger partial charge in [-0.05, 0) is 31.6 Å². The van der Waals surface area contributed by atoms with E-state index < -0.39 is 10.0 Å². The van der Waals surface area contributed by atoms with Gasteiger partial charge in [0.05, 0.1) is 5.75 Å². The molecular formula is C11H20BrNO2S. The van der Waals surface area contributed by atoms with Crippen LogP contribution < -0.4 is 4.72 Å². The van der Waals surface area contributed by atoms with Crippen LogP contribution in [0.25, 0.3) is 0 Å². The molecule has 2 aliphatic rings. The summed E-state index contributed by atoms with van der Waals surface area (Å²) in [6, 6.07) is 0. The summed E-state index contributed by atoms with van der Waals surface area (Å²) in [7, 11) is -3.07. The molecule has 94 valence electrons. The van der Waals surface area contributed by atoms with Crippen LogP contribution >= 0.6 is 15.9 Å². The third-order valence-electron chi connectivity index (χ3n) is 3.59. The SMILES string of the molecule is O=S(=O)(CC1CC1)NC1(CBr)CCCCC1. The monoisotopic (exact) mass is 309 g/mol. The molecule has 0 aromatic carbocycles. The van der Waals surface area contributed by atoms with E-state index in [2.05, 4.69) is 20.7 Å². The Morgan fingerprint density at radius 3 is 2.31 bits per heavy atom. The fourth-order valence-electron chi connectivity index (χ4n) is 2.46. The van der Waals surface area contributed by atoms with Crippen LogP contribution in [0.3, 0.4) is 0 Å². The lowest BCUT2D eigenvalue weighted by atomic mass is 9.84. The quantitative estimate of drug-likeness (QED) is 0.793. The molecule has 0 spiro atoms. The predicted molar refractivity (Wildman–Crippen MR) is 69.3 cm³/mol. The molecule has 5 heteroatoms.